The smallest absolute Gasteiger partial charge is 0.244 e. The minimum absolute atomic E-state index is 0.229. The molecule has 0 radical (unpaired) electrons. The van der Waals surface area contributed by atoms with Crippen molar-refractivity contribution in [1.29, 1.82) is 5.26 Å². The monoisotopic (exact) mass is 332 g/mol. The van der Waals surface area contributed by atoms with Crippen molar-refractivity contribution in [2.45, 2.75) is 25.7 Å². The van der Waals surface area contributed by atoms with E-state index in [1.165, 1.54) is 0 Å². The normalized spacial score (nSPS) is 16.2. The number of carbonyl (C=O) groups is 1. The summed E-state index contributed by atoms with van der Waals surface area (Å²) in [5.74, 6) is -0.229. The molecule has 112 valence electrons. The Bertz CT molecular complexity index is 746. The molecular weight excluding hydrogens is 320 g/mol. The Kier molecular flexibility index (Phi) is 4.10. The van der Waals surface area contributed by atoms with Gasteiger partial charge in [-0.3, -0.25) is 4.79 Å². The molecule has 1 aliphatic carbocycles. The molecule has 0 spiro atoms. The summed E-state index contributed by atoms with van der Waals surface area (Å²) in [7, 11) is 0. The SMILES string of the molecule is N#CC1(C(=O)Nc2cccc(-c3nnsc3Cl)c2)CCCC1. The van der Waals surface area contributed by atoms with Gasteiger partial charge >= 0.3 is 0 Å². The second-order valence-electron chi connectivity index (χ2n) is 5.33. The highest BCUT2D eigenvalue weighted by Crippen LogP contribution is 2.38. The van der Waals surface area contributed by atoms with Gasteiger partial charge in [-0.15, -0.1) is 5.10 Å². The van der Waals surface area contributed by atoms with Crippen molar-refractivity contribution in [2.24, 2.45) is 5.41 Å². The highest BCUT2D eigenvalue weighted by Gasteiger charge is 2.41. The largest absolute Gasteiger partial charge is 0.325 e. The second kappa shape index (κ2) is 6.03. The number of anilines is 1. The third-order valence-corrected chi connectivity index (χ3v) is 4.85. The predicted molar refractivity (Wildman–Crippen MR) is 85.5 cm³/mol. The minimum atomic E-state index is -0.893. The molecule has 1 amide bonds. The molecule has 0 aliphatic heterocycles. The lowest BCUT2D eigenvalue weighted by Crippen LogP contribution is -2.32. The summed E-state index contributed by atoms with van der Waals surface area (Å²) in [4.78, 5) is 12.4. The van der Waals surface area contributed by atoms with Crippen molar-refractivity contribution in [3.8, 4) is 17.3 Å². The molecule has 0 unspecified atom stereocenters. The van der Waals surface area contributed by atoms with Crippen molar-refractivity contribution in [2.75, 3.05) is 5.32 Å². The van der Waals surface area contributed by atoms with Gasteiger partial charge < -0.3 is 5.32 Å². The Morgan fingerprint density at radius 3 is 2.82 bits per heavy atom. The third kappa shape index (κ3) is 2.70. The molecule has 7 heteroatoms. The molecule has 0 saturated heterocycles. The first-order valence-electron chi connectivity index (χ1n) is 6.96. The molecule has 1 aromatic heterocycles. The van der Waals surface area contributed by atoms with E-state index in [0.717, 1.165) is 29.9 Å². The summed E-state index contributed by atoms with van der Waals surface area (Å²) in [6.45, 7) is 0. The molecule has 2 aromatic rings. The number of benzene rings is 1. The fraction of sp³-hybridized carbons (Fsp3) is 0.333. The van der Waals surface area contributed by atoms with Gasteiger partial charge in [-0.25, -0.2) is 0 Å². The maximum absolute atomic E-state index is 12.4. The van der Waals surface area contributed by atoms with Crippen LogP contribution in [0.15, 0.2) is 24.3 Å². The van der Waals surface area contributed by atoms with Crippen LogP contribution in [0, 0.1) is 16.7 Å². The van der Waals surface area contributed by atoms with E-state index in [2.05, 4.69) is 21.0 Å². The number of aromatic nitrogens is 2. The molecule has 22 heavy (non-hydrogen) atoms. The Balaban J connectivity index is 1.83. The van der Waals surface area contributed by atoms with Gasteiger partial charge in [-0.1, -0.05) is 41.1 Å². The number of nitriles is 1. The number of rotatable bonds is 3. The molecule has 5 nitrogen and oxygen atoms in total. The van der Waals surface area contributed by atoms with E-state index in [1.807, 2.05) is 12.1 Å². The van der Waals surface area contributed by atoms with Crippen molar-refractivity contribution in [1.82, 2.24) is 9.59 Å². The fourth-order valence-electron chi connectivity index (χ4n) is 2.71. The maximum Gasteiger partial charge on any atom is 0.244 e. The van der Waals surface area contributed by atoms with Crippen LogP contribution in [0.5, 0.6) is 0 Å². The van der Waals surface area contributed by atoms with Gasteiger partial charge in [0.2, 0.25) is 5.91 Å². The first-order chi connectivity index (χ1) is 10.6. The zero-order valence-electron chi connectivity index (χ0n) is 11.7. The summed E-state index contributed by atoms with van der Waals surface area (Å²) in [5, 5.41) is 16.2. The predicted octanol–water partition coefficient (Wildman–Crippen LogP) is 3.88. The molecule has 0 bridgehead atoms. The number of nitrogens with zero attached hydrogens (tertiary/aromatic N) is 3. The molecule has 1 saturated carbocycles. The van der Waals surface area contributed by atoms with Gasteiger partial charge in [0.15, 0.2) is 0 Å². The quantitative estimate of drug-likeness (QED) is 0.925. The number of nitrogens with one attached hydrogen (secondary N) is 1. The molecule has 1 aliphatic rings. The number of halogens is 1. The van der Waals surface area contributed by atoms with Gasteiger partial charge in [0.25, 0.3) is 0 Å². The lowest BCUT2D eigenvalue weighted by molar-refractivity contribution is -0.122. The third-order valence-electron chi connectivity index (χ3n) is 3.95. The molecule has 1 N–H and O–H groups in total. The second-order valence-corrected chi connectivity index (χ2v) is 6.69. The summed E-state index contributed by atoms with van der Waals surface area (Å²) < 4.78 is 4.31. The van der Waals surface area contributed by atoms with Crippen LogP contribution in [-0.4, -0.2) is 15.5 Å². The van der Waals surface area contributed by atoms with Gasteiger partial charge in [-0.05, 0) is 25.0 Å². The summed E-state index contributed by atoms with van der Waals surface area (Å²) in [6.07, 6.45) is 3.08. The van der Waals surface area contributed by atoms with Crippen LogP contribution in [0.3, 0.4) is 0 Å². The van der Waals surface area contributed by atoms with Gasteiger partial charge in [-0.2, -0.15) is 5.26 Å². The van der Waals surface area contributed by atoms with E-state index in [9.17, 15) is 10.1 Å². The zero-order chi connectivity index (χ0) is 15.6. The first kappa shape index (κ1) is 14.9. The van der Waals surface area contributed by atoms with E-state index in [1.54, 1.807) is 12.1 Å². The lowest BCUT2D eigenvalue weighted by atomic mass is 9.87. The fourth-order valence-corrected chi connectivity index (χ4v) is 3.39. The summed E-state index contributed by atoms with van der Waals surface area (Å²) >= 11 is 7.16. The zero-order valence-corrected chi connectivity index (χ0v) is 13.2. The summed E-state index contributed by atoms with van der Waals surface area (Å²) in [6, 6.07) is 9.44. The minimum Gasteiger partial charge on any atom is -0.325 e. The van der Waals surface area contributed by atoms with Crippen LogP contribution >= 0.6 is 23.1 Å². The number of carbonyl (C=O) groups excluding carboxylic acids is 1. The highest BCUT2D eigenvalue weighted by molar-refractivity contribution is 7.10. The van der Waals surface area contributed by atoms with Crippen LogP contribution in [0.1, 0.15) is 25.7 Å². The van der Waals surface area contributed by atoms with Crippen LogP contribution < -0.4 is 5.32 Å². The van der Waals surface area contributed by atoms with Gasteiger partial charge in [0, 0.05) is 22.8 Å². The standard InChI is InChI=1S/C15H13ClN4OS/c16-13-12(19-20-22-13)10-4-3-5-11(8-10)18-14(21)15(9-17)6-1-2-7-15/h3-5,8H,1-2,6-7H2,(H,18,21). The van der Waals surface area contributed by atoms with Crippen LogP contribution in [0.4, 0.5) is 5.69 Å². The highest BCUT2D eigenvalue weighted by atomic mass is 35.5. The Morgan fingerprint density at radius 1 is 1.41 bits per heavy atom. The number of hydrogen-bond acceptors (Lipinski definition) is 5. The Hall–Kier alpha value is -1.97. The average Bonchev–Trinajstić information content (AvgIpc) is 3.17. The van der Waals surface area contributed by atoms with Gasteiger partial charge in [0.05, 0.1) is 6.07 Å². The van der Waals surface area contributed by atoms with E-state index in [4.69, 9.17) is 11.6 Å². The topological polar surface area (TPSA) is 78.7 Å². The van der Waals surface area contributed by atoms with E-state index in [-0.39, 0.29) is 5.91 Å². The Morgan fingerprint density at radius 2 is 2.18 bits per heavy atom. The van der Waals surface area contributed by atoms with Crippen LogP contribution in [0.25, 0.3) is 11.3 Å². The molecule has 1 aromatic carbocycles. The first-order valence-corrected chi connectivity index (χ1v) is 8.11. The molecule has 1 fully saturated rings. The van der Waals surface area contributed by atoms with Gasteiger partial charge in [0.1, 0.15) is 15.4 Å². The summed E-state index contributed by atoms with van der Waals surface area (Å²) in [5.41, 5.74) is 1.12. The van der Waals surface area contributed by atoms with E-state index in [0.29, 0.717) is 28.6 Å². The number of hydrogen-bond donors (Lipinski definition) is 1. The van der Waals surface area contributed by atoms with Crippen LogP contribution in [-0.2, 0) is 4.79 Å². The number of amides is 1. The van der Waals surface area contributed by atoms with Crippen molar-refractivity contribution >= 4 is 34.7 Å². The Labute approximate surface area is 137 Å². The van der Waals surface area contributed by atoms with Crippen molar-refractivity contribution in [3.05, 3.63) is 28.6 Å². The molecule has 0 atom stereocenters. The average molecular weight is 333 g/mol. The molecule has 3 rings (SSSR count). The maximum atomic E-state index is 12.4. The van der Waals surface area contributed by atoms with E-state index < -0.39 is 5.41 Å². The van der Waals surface area contributed by atoms with E-state index >= 15 is 0 Å². The lowest BCUT2D eigenvalue weighted by Gasteiger charge is -2.19. The molecular formula is C15H13ClN4OS. The van der Waals surface area contributed by atoms with Crippen LogP contribution in [0.2, 0.25) is 4.34 Å². The van der Waals surface area contributed by atoms with Crippen molar-refractivity contribution < 1.29 is 4.79 Å². The van der Waals surface area contributed by atoms with Crippen molar-refractivity contribution in [3.63, 3.8) is 0 Å². The molecule has 1 heterocycles.